The number of aromatic hydroxyl groups is 1. The van der Waals surface area contributed by atoms with Gasteiger partial charge in [0.1, 0.15) is 17.7 Å². The molecule has 2 aromatic rings. The summed E-state index contributed by atoms with van der Waals surface area (Å²) in [6, 6.07) is 7.17. The van der Waals surface area contributed by atoms with Gasteiger partial charge in [-0.15, -0.1) is 0 Å². The molecule has 0 atom stereocenters. The number of benzene rings is 2. The molecule has 0 heterocycles. The summed E-state index contributed by atoms with van der Waals surface area (Å²) in [5, 5.41) is 9.90. The zero-order chi connectivity index (χ0) is 19.6. The van der Waals surface area contributed by atoms with Gasteiger partial charge >= 0.3 is 7.60 Å². The number of hydrogen-bond donors (Lipinski definition) is 3. The van der Waals surface area contributed by atoms with Crippen LogP contribution in [-0.4, -0.2) is 26.8 Å². The van der Waals surface area contributed by atoms with E-state index in [2.05, 4.69) is 0 Å². The molecule has 0 radical (unpaired) electrons. The van der Waals surface area contributed by atoms with E-state index in [0.29, 0.717) is 11.3 Å². The smallest absolute Gasteiger partial charge is 0.333 e. The maximum atomic E-state index is 11.9. The van der Waals surface area contributed by atoms with Gasteiger partial charge in [-0.25, -0.2) is 0 Å². The third-order valence-corrected chi connectivity index (χ3v) is 4.77. The van der Waals surface area contributed by atoms with Crippen LogP contribution < -0.4 is 4.74 Å². The number of carbonyl (C=O) groups is 1. The number of ether oxygens (including phenoxy) is 1. The molecule has 0 saturated heterocycles. The number of carbonyl (C=O) groups excluding carboxylic acids is 1. The standard InChI is InChI=1S/C17H17Cl2O6P/c1-9(2)12-7-11(3-4-15(12)20)25-17-13(18)5-10(6-14(17)19)16(21)8-26(22,23)24/h3-7,9,20H,8H2,1-2H3,(H2,22,23,24). The number of halogens is 2. The molecule has 9 heteroatoms. The van der Waals surface area contributed by atoms with Gasteiger partial charge in [-0.1, -0.05) is 37.0 Å². The first-order valence-electron chi connectivity index (χ1n) is 7.55. The second kappa shape index (κ2) is 7.99. The first kappa shape index (κ1) is 20.7. The van der Waals surface area contributed by atoms with E-state index in [1.54, 1.807) is 12.1 Å². The predicted molar refractivity (Wildman–Crippen MR) is 100.0 cm³/mol. The Morgan fingerprint density at radius 2 is 1.73 bits per heavy atom. The van der Waals surface area contributed by atoms with Crippen LogP contribution in [0.3, 0.4) is 0 Å². The monoisotopic (exact) mass is 418 g/mol. The van der Waals surface area contributed by atoms with Gasteiger partial charge in [0.05, 0.1) is 10.0 Å². The van der Waals surface area contributed by atoms with E-state index in [1.165, 1.54) is 18.2 Å². The Bertz CT molecular complexity index is 868. The second-order valence-corrected chi connectivity index (χ2v) is 8.45. The van der Waals surface area contributed by atoms with Gasteiger partial charge in [-0.05, 0) is 36.2 Å². The fraction of sp³-hybridized carbons (Fsp3) is 0.235. The number of ketones is 1. The van der Waals surface area contributed by atoms with Crippen LogP contribution in [0.2, 0.25) is 10.0 Å². The quantitative estimate of drug-likeness (QED) is 0.451. The van der Waals surface area contributed by atoms with Crippen molar-refractivity contribution in [1.29, 1.82) is 0 Å². The zero-order valence-corrected chi connectivity index (χ0v) is 16.3. The number of phenolic OH excluding ortho intramolecular Hbond substituents is 1. The van der Waals surface area contributed by atoms with E-state index in [0.717, 1.165) is 0 Å². The molecule has 2 aromatic carbocycles. The highest BCUT2D eigenvalue weighted by Gasteiger charge is 2.22. The van der Waals surface area contributed by atoms with E-state index in [9.17, 15) is 14.5 Å². The van der Waals surface area contributed by atoms with Crippen molar-refractivity contribution >= 4 is 36.6 Å². The highest BCUT2D eigenvalue weighted by atomic mass is 35.5. The first-order chi connectivity index (χ1) is 12.0. The van der Waals surface area contributed by atoms with Crippen molar-refractivity contribution in [3.8, 4) is 17.2 Å². The molecule has 0 aromatic heterocycles. The summed E-state index contributed by atoms with van der Waals surface area (Å²) in [4.78, 5) is 29.7. The fourth-order valence-electron chi connectivity index (χ4n) is 2.27. The normalized spacial score (nSPS) is 11.7. The van der Waals surface area contributed by atoms with Gasteiger partial charge in [0.2, 0.25) is 0 Å². The largest absolute Gasteiger partial charge is 0.508 e. The van der Waals surface area contributed by atoms with Crippen molar-refractivity contribution in [2.24, 2.45) is 0 Å². The summed E-state index contributed by atoms with van der Waals surface area (Å²) >= 11 is 12.3. The third kappa shape index (κ3) is 5.22. The highest BCUT2D eigenvalue weighted by Crippen LogP contribution is 2.40. The number of phenols is 1. The Hall–Kier alpha value is -1.56. The lowest BCUT2D eigenvalue weighted by Crippen LogP contribution is -2.06. The Kier molecular flexibility index (Phi) is 6.37. The van der Waals surface area contributed by atoms with Crippen LogP contribution in [0.15, 0.2) is 30.3 Å². The lowest BCUT2D eigenvalue weighted by Gasteiger charge is -2.14. The van der Waals surface area contributed by atoms with E-state index in [-0.39, 0.29) is 33.0 Å². The number of Topliss-reactive ketones (excluding diaryl/α,β-unsaturated/α-hetero) is 1. The topological polar surface area (TPSA) is 104 Å². The van der Waals surface area contributed by atoms with E-state index >= 15 is 0 Å². The highest BCUT2D eigenvalue weighted by molar-refractivity contribution is 7.52. The van der Waals surface area contributed by atoms with Crippen LogP contribution in [0.5, 0.6) is 17.2 Å². The first-order valence-corrected chi connectivity index (χ1v) is 10.1. The molecule has 3 N–H and O–H groups in total. The van der Waals surface area contributed by atoms with Crippen LogP contribution >= 0.6 is 30.8 Å². The summed E-state index contributed by atoms with van der Waals surface area (Å²) < 4.78 is 16.7. The third-order valence-electron chi connectivity index (χ3n) is 3.51. The molecule has 0 aliphatic rings. The summed E-state index contributed by atoms with van der Waals surface area (Å²) in [6.07, 6.45) is -0.935. The summed E-state index contributed by atoms with van der Waals surface area (Å²) in [5.41, 5.74) is 0.660. The van der Waals surface area contributed by atoms with Crippen LogP contribution in [0, 0.1) is 0 Å². The van der Waals surface area contributed by atoms with Crippen molar-refractivity contribution in [1.82, 2.24) is 0 Å². The average molecular weight is 419 g/mol. The molecule has 0 amide bonds. The molecule has 0 aliphatic heterocycles. The molecular formula is C17H17Cl2O6P. The molecular weight excluding hydrogens is 402 g/mol. The maximum absolute atomic E-state index is 11.9. The predicted octanol–water partition coefficient (Wildman–Crippen LogP) is 4.98. The molecule has 6 nitrogen and oxygen atoms in total. The van der Waals surface area contributed by atoms with Gasteiger partial charge in [-0.2, -0.15) is 0 Å². The van der Waals surface area contributed by atoms with Crippen LogP contribution in [0.25, 0.3) is 0 Å². The van der Waals surface area contributed by atoms with Gasteiger partial charge < -0.3 is 19.6 Å². The molecule has 0 bridgehead atoms. The minimum atomic E-state index is -4.49. The Labute approximate surface area is 160 Å². The molecule has 140 valence electrons. The van der Waals surface area contributed by atoms with Crippen molar-refractivity contribution in [2.45, 2.75) is 19.8 Å². The van der Waals surface area contributed by atoms with E-state index in [4.69, 9.17) is 37.7 Å². The van der Waals surface area contributed by atoms with Gasteiger partial charge in [0.15, 0.2) is 11.5 Å². The SMILES string of the molecule is CC(C)c1cc(Oc2c(Cl)cc(C(=O)CP(=O)(O)O)cc2Cl)ccc1O. The lowest BCUT2D eigenvalue weighted by molar-refractivity contribution is 0.101. The molecule has 0 unspecified atom stereocenters. The molecule has 2 rings (SSSR count). The molecule has 0 spiro atoms. The zero-order valence-electron chi connectivity index (χ0n) is 13.9. The second-order valence-electron chi connectivity index (χ2n) is 5.99. The molecule has 0 saturated carbocycles. The lowest BCUT2D eigenvalue weighted by atomic mass is 10.0. The number of rotatable bonds is 6. The van der Waals surface area contributed by atoms with Crippen LogP contribution in [-0.2, 0) is 4.57 Å². The van der Waals surface area contributed by atoms with Gasteiger partial charge in [0, 0.05) is 11.1 Å². The van der Waals surface area contributed by atoms with Gasteiger partial charge in [0.25, 0.3) is 0 Å². The summed E-state index contributed by atoms with van der Waals surface area (Å²) in [6.45, 7) is 3.83. The summed E-state index contributed by atoms with van der Waals surface area (Å²) in [7, 11) is -4.49. The van der Waals surface area contributed by atoms with Gasteiger partial charge in [-0.3, -0.25) is 9.36 Å². The Morgan fingerprint density at radius 1 is 1.15 bits per heavy atom. The Morgan fingerprint density at radius 3 is 2.23 bits per heavy atom. The fourth-order valence-corrected chi connectivity index (χ4v) is 3.39. The van der Waals surface area contributed by atoms with E-state index < -0.39 is 19.5 Å². The van der Waals surface area contributed by atoms with Crippen molar-refractivity contribution in [2.75, 3.05) is 6.16 Å². The summed E-state index contributed by atoms with van der Waals surface area (Å²) in [5.74, 6) is -0.0773. The molecule has 0 aliphatic carbocycles. The molecule has 26 heavy (non-hydrogen) atoms. The van der Waals surface area contributed by atoms with Crippen molar-refractivity contribution in [3.05, 3.63) is 51.5 Å². The van der Waals surface area contributed by atoms with Crippen molar-refractivity contribution in [3.63, 3.8) is 0 Å². The van der Waals surface area contributed by atoms with Crippen LogP contribution in [0.4, 0.5) is 0 Å². The maximum Gasteiger partial charge on any atom is 0.333 e. The minimum absolute atomic E-state index is 0.0192. The minimum Gasteiger partial charge on any atom is -0.508 e. The van der Waals surface area contributed by atoms with Crippen molar-refractivity contribution < 1.29 is 29.0 Å². The van der Waals surface area contributed by atoms with E-state index in [1.807, 2.05) is 13.8 Å². The number of hydrogen-bond acceptors (Lipinski definition) is 4. The average Bonchev–Trinajstić information content (AvgIpc) is 2.50. The Balaban J connectivity index is 2.33. The molecule has 0 fully saturated rings. The van der Waals surface area contributed by atoms with Crippen LogP contribution in [0.1, 0.15) is 35.7 Å².